The number of amides is 1. The highest BCUT2D eigenvalue weighted by molar-refractivity contribution is 7.19. The molecule has 0 spiro atoms. The standard InChI is InChI=1S/C23H25N7OS.C18H15N5O2S/c1-28-8-10-29(11-9-28)23(31)15-2-3-18-19(12-15)32-22-20(18)21(24-14-25-22)27-16-5-7-30-17(13-16)4-6-26-30;24-18(25)10-1-2-13-14(7-10)26-17-15(13)16(19-9-20-17)22-11-4-6-23-12(8-11)3-5-21-23/h4-7,13-15H,2-3,8-12H2,1H3,(H,24,25,27);3-6,8-10H,1-2,7H2,(H,24,25)(H,19,20,22)/t15-;10-/m00/s1. The Morgan fingerprint density at radius 3 is 1.76 bits per heavy atom. The molecular weight excluding hydrogens is 773 g/mol. The third-order valence-corrected chi connectivity index (χ3v) is 13.9. The Kier molecular flexibility index (Phi) is 9.42. The van der Waals surface area contributed by atoms with Crippen LogP contribution in [0.15, 0.2) is 73.8 Å². The number of likely N-dealkylation sites (N-methyl/N-ethyl adjacent to an activating group) is 1. The van der Waals surface area contributed by atoms with Crippen LogP contribution in [0.5, 0.6) is 0 Å². The molecule has 3 aliphatic rings. The summed E-state index contributed by atoms with van der Waals surface area (Å²) >= 11 is 3.29. The molecule has 0 saturated carbocycles. The van der Waals surface area contributed by atoms with E-state index in [-0.39, 0.29) is 11.8 Å². The maximum absolute atomic E-state index is 13.1. The minimum absolute atomic E-state index is 0.0765. The molecular formula is C41H40N12O3S2. The van der Waals surface area contributed by atoms with Crippen molar-refractivity contribution in [1.29, 1.82) is 0 Å². The fourth-order valence-electron chi connectivity index (χ4n) is 8.39. The maximum atomic E-state index is 13.1. The predicted octanol–water partition coefficient (Wildman–Crippen LogP) is 6.23. The van der Waals surface area contributed by atoms with Gasteiger partial charge in [0.25, 0.3) is 0 Å². The van der Waals surface area contributed by atoms with Crippen LogP contribution in [0.3, 0.4) is 0 Å². The smallest absolute Gasteiger partial charge is 0.306 e. The molecule has 9 heterocycles. The zero-order valence-corrected chi connectivity index (χ0v) is 33.3. The van der Waals surface area contributed by atoms with Crippen molar-refractivity contribution in [2.24, 2.45) is 11.8 Å². The molecule has 3 N–H and O–H groups in total. The number of carboxylic acid groups (broad SMARTS) is 1. The first-order valence-corrected chi connectivity index (χ1v) is 21.1. The first-order chi connectivity index (χ1) is 28.3. The molecule has 8 aromatic rings. The summed E-state index contributed by atoms with van der Waals surface area (Å²) in [5, 5.41) is 26.8. The van der Waals surface area contributed by atoms with Crippen molar-refractivity contribution < 1.29 is 14.7 Å². The number of thiophene rings is 2. The number of anilines is 4. The van der Waals surface area contributed by atoms with E-state index in [1.54, 1.807) is 52.2 Å². The summed E-state index contributed by atoms with van der Waals surface area (Å²) in [6.07, 6.45) is 15.1. The van der Waals surface area contributed by atoms with Crippen molar-refractivity contribution in [2.45, 2.75) is 38.5 Å². The summed E-state index contributed by atoms with van der Waals surface area (Å²) in [6, 6.07) is 11.9. The van der Waals surface area contributed by atoms with Gasteiger partial charge < -0.3 is 25.5 Å². The molecule has 15 nitrogen and oxygen atoms in total. The number of carboxylic acids is 1. The number of nitrogens with zero attached hydrogens (tertiary/aromatic N) is 10. The van der Waals surface area contributed by atoms with Crippen molar-refractivity contribution in [2.75, 3.05) is 43.9 Å². The zero-order valence-electron chi connectivity index (χ0n) is 31.7. The highest BCUT2D eigenvalue weighted by Gasteiger charge is 2.33. The lowest BCUT2D eigenvalue weighted by Gasteiger charge is -2.35. The van der Waals surface area contributed by atoms with Crippen LogP contribution in [0.25, 0.3) is 31.5 Å². The van der Waals surface area contributed by atoms with Gasteiger partial charge in [0, 0.05) is 78.0 Å². The van der Waals surface area contributed by atoms with E-state index in [1.165, 1.54) is 16.0 Å². The van der Waals surface area contributed by atoms with E-state index in [1.807, 2.05) is 47.2 Å². The van der Waals surface area contributed by atoms with E-state index in [0.29, 0.717) is 18.7 Å². The second kappa shape index (κ2) is 15.0. The van der Waals surface area contributed by atoms with Crippen molar-refractivity contribution >= 4 is 89.0 Å². The van der Waals surface area contributed by atoms with Crippen LogP contribution in [0.2, 0.25) is 0 Å². The summed E-state index contributed by atoms with van der Waals surface area (Å²) in [4.78, 5) is 51.1. The average molecular weight is 813 g/mol. The van der Waals surface area contributed by atoms with E-state index in [4.69, 9.17) is 0 Å². The molecule has 1 aliphatic heterocycles. The minimum Gasteiger partial charge on any atom is -0.481 e. The molecule has 0 bridgehead atoms. The van der Waals surface area contributed by atoms with Gasteiger partial charge in [-0.05, 0) is 93.1 Å². The number of aliphatic carboxylic acids is 1. The molecule has 294 valence electrons. The summed E-state index contributed by atoms with van der Waals surface area (Å²) in [6.45, 7) is 3.60. The molecule has 0 radical (unpaired) electrons. The molecule has 2 atom stereocenters. The topological polar surface area (TPSA) is 171 Å². The van der Waals surface area contributed by atoms with Gasteiger partial charge >= 0.3 is 5.97 Å². The van der Waals surface area contributed by atoms with Crippen molar-refractivity contribution in [3.8, 4) is 0 Å². The Morgan fingerprint density at radius 1 is 0.707 bits per heavy atom. The lowest BCUT2D eigenvalue weighted by atomic mass is 9.86. The molecule has 1 amide bonds. The third kappa shape index (κ3) is 6.88. The number of piperazine rings is 1. The lowest BCUT2D eigenvalue weighted by molar-refractivity contribution is -0.142. The minimum atomic E-state index is -0.716. The fraction of sp³-hybridized carbons (Fsp3) is 0.317. The van der Waals surface area contributed by atoms with E-state index < -0.39 is 5.97 Å². The number of aryl methyl sites for hydroxylation is 2. The van der Waals surface area contributed by atoms with Crippen molar-refractivity contribution in [3.05, 3.63) is 94.7 Å². The first kappa shape index (κ1) is 36.3. The van der Waals surface area contributed by atoms with Crippen LogP contribution in [0.4, 0.5) is 23.0 Å². The molecule has 0 unspecified atom stereocenters. The Bertz CT molecular complexity index is 2840. The quantitative estimate of drug-likeness (QED) is 0.173. The largest absolute Gasteiger partial charge is 0.481 e. The van der Waals surface area contributed by atoms with Gasteiger partial charge in [0.1, 0.15) is 34.0 Å². The number of fused-ring (bicyclic) bond motifs is 8. The molecule has 1 fully saturated rings. The highest BCUT2D eigenvalue weighted by atomic mass is 32.1. The SMILES string of the molecule is CN1CCN(C(=O)[C@H]2CCc3c(sc4ncnc(Nc5ccn6nccc6c5)c34)C2)CC1.O=C(O)[C@H]1CCc2c(sc3ncnc(Nc4ccn5nccc5c4)c23)C1. The van der Waals surface area contributed by atoms with Gasteiger partial charge in [-0.25, -0.2) is 29.0 Å². The van der Waals surface area contributed by atoms with Gasteiger partial charge in [-0.2, -0.15) is 10.2 Å². The van der Waals surface area contributed by atoms with Crippen LogP contribution in [-0.2, 0) is 35.3 Å². The number of nitrogens with one attached hydrogen (secondary N) is 2. The number of rotatable bonds is 6. The molecule has 58 heavy (non-hydrogen) atoms. The van der Waals surface area contributed by atoms with Crippen molar-refractivity contribution in [1.82, 2.24) is 49.0 Å². The molecule has 1 saturated heterocycles. The van der Waals surface area contributed by atoms with Crippen LogP contribution < -0.4 is 10.6 Å². The Morgan fingerprint density at radius 2 is 1.22 bits per heavy atom. The summed E-state index contributed by atoms with van der Waals surface area (Å²) in [7, 11) is 2.12. The summed E-state index contributed by atoms with van der Waals surface area (Å²) in [5.41, 5.74) is 6.42. The van der Waals surface area contributed by atoms with Crippen LogP contribution >= 0.6 is 22.7 Å². The zero-order chi connectivity index (χ0) is 39.3. The van der Waals surface area contributed by atoms with Gasteiger partial charge in [0.2, 0.25) is 5.91 Å². The molecule has 2 aliphatic carbocycles. The lowest BCUT2D eigenvalue weighted by Crippen LogP contribution is -2.49. The number of pyridine rings is 2. The van der Waals surface area contributed by atoms with Gasteiger partial charge in [-0.3, -0.25) is 9.59 Å². The number of hydrogen-bond donors (Lipinski definition) is 3. The third-order valence-electron chi connectivity index (χ3n) is 11.5. The van der Waals surface area contributed by atoms with Gasteiger partial charge in [0.15, 0.2) is 0 Å². The number of carbonyl (C=O) groups excluding carboxylic acids is 1. The monoisotopic (exact) mass is 812 g/mol. The number of hydrogen-bond acceptors (Lipinski definition) is 13. The number of aromatic nitrogens is 8. The molecule has 11 rings (SSSR count). The second-order valence-electron chi connectivity index (χ2n) is 15.1. The van der Waals surface area contributed by atoms with E-state index in [2.05, 4.69) is 63.7 Å². The molecule has 8 aromatic heterocycles. The molecule has 0 aromatic carbocycles. The Labute approximate surface area is 340 Å². The maximum Gasteiger partial charge on any atom is 0.306 e. The Balaban J connectivity index is 0.000000144. The van der Waals surface area contributed by atoms with Crippen LogP contribution in [0.1, 0.15) is 33.7 Å². The van der Waals surface area contributed by atoms with Gasteiger partial charge in [0.05, 0.1) is 27.7 Å². The van der Waals surface area contributed by atoms with E-state index in [9.17, 15) is 14.7 Å². The van der Waals surface area contributed by atoms with Crippen LogP contribution in [0, 0.1) is 11.8 Å². The highest BCUT2D eigenvalue weighted by Crippen LogP contribution is 2.42. The summed E-state index contributed by atoms with van der Waals surface area (Å²) in [5.74, 6) is 0.980. The second-order valence-corrected chi connectivity index (χ2v) is 17.3. The Hall–Kier alpha value is -6.04. The fourth-order valence-corrected chi connectivity index (χ4v) is 10.9. The normalized spacial score (nSPS) is 18.2. The van der Waals surface area contributed by atoms with E-state index in [0.717, 1.165) is 111 Å². The predicted molar refractivity (Wildman–Crippen MR) is 225 cm³/mol. The summed E-state index contributed by atoms with van der Waals surface area (Å²) < 4.78 is 3.64. The van der Waals surface area contributed by atoms with Gasteiger partial charge in [-0.15, -0.1) is 22.7 Å². The van der Waals surface area contributed by atoms with E-state index >= 15 is 0 Å². The van der Waals surface area contributed by atoms with Crippen molar-refractivity contribution in [3.63, 3.8) is 0 Å². The van der Waals surface area contributed by atoms with Crippen LogP contribution in [-0.4, -0.2) is 99.2 Å². The average Bonchev–Trinajstić information content (AvgIpc) is 4.05. The first-order valence-electron chi connectivity index (χ1n) is 19.5. The molecule has 17 heteroatoms. The van der Waals surface area contributed by atoms with Gasteiger partial charge in [-0.1, -0.05) is 0 Å². The number of carbonyl (C=O) groups is 2.